The maximum atomic E-state index is 5.67. The van der Waals surface area contributed by atoms with Crippen molar-refractivity contribution in [2.45, 2.75) is 19.5 Å². The fourth-order valence-corrected chi connectivity index (χ4v) is 4.15. The Kier molecular flexibility index (Phi) is 7.08. The summed E-state index contributed by atoms with van der Waals surface area (Å²) in [4.78, 5) is 2.19. The predicted octanol–water partition coefficient (Wildman–Crippen LogP) is 4.22. The van der Waals surface area contributed by atoms with Crippen molar-refractivity contribution in [2.75, 3.05) is 28.4 Å². The van der Waals surface area contributed by atoms with Crippen molar-refractivity contribution >= 4 is 0 Å². The highest BCUT2D eigenvalue weighted by atomic mass is 16.5. The number of tetrazole rings is 1. The van der Waals surface area contributed by atoms with Gasteiger partial charge in [0.1, 0.15) is 5.75 Å². The standard InChI is InChI=1S/C26H29N5O3/c1-18-11-9-10-14-21(18)31-26(27-28-29-31)25(19-12-7-6-8-13-19)30(2)17-20-15-23(33-4)24(34-5)16-22(20)32-3/h6-16,25H,17H2,1-5H3/t25-/m1/s1. The molecule has 0 saturated carbocycles. The minimum Gasteiger partial charge on any atom is -0.496 e. The average molecular weight is 460 g/mol. The van der Waals surface area contributed by atoms with Crippen LogP contribution in [0.2, 0.25) is 0 Å². The Morgan fingerprint density at radius 2 is 1.50 bits per heavy atom. The minimum absolute atomic E-state index is 0.214. The molecule has 0 aliphatic heterocycles. The summed E-state index contributed by atoms with van der Waals surface area (Å²) in [6.45, 7) is 2.61. The highest BCUT2D eigenvalue weighted by Crippen LogP contribution is 2.37. The first-order valence-corrected chi connectivity index (χ1v) is 11.0. The van der Waals surface area contributed by atoms with E-state index >= 15 is 0 Å². The maximum Gasteiger partial charge on any atom is 0.178 e. The Hall–Kier alpha value is -3.91. The first-order chi connectivity index (χ1) is 16.6. The zero-order chi connectivity index (χ0) is 24.1. The van der Waals surface area contributed by atoms with Gasteiger partial charge >= 0.3 is 0 Å². The molecule has 0 saturated heterocycles. The zero-order valence-corrected chi connectivity index (χ0v) is 20.1. The van der Waals surface area contributed by atoms with Crippen molar-refractivity contribution < 1.29 is 14.2 Å². The van der Waals surface area contributed by atoms with Gasteiger partial charge in [0.15, 0.2) is 17.3 Å². The zero-order valence-electron chi connectivity index (χ0n) is 20.1. The van der Waals surface area contributed by atoms with Crippen molar-refractivity contribution in [3.05, 3.63) is 89.2 Å². The summed E-state index contributed by atoms with van der Waals surface area (Å²) in [5.41, 5.74) is 4.07. The van der Waals surface area contributed by atoms with Crippen LogP contribution in [-0.2, 0) is 6.54 Å². The van der Waals surface area contributed by atoms with E-state index in [9.17, 15) is 0 Å². The molecule has 1 heterocycles. The second kappa shape index (κ2) is 10.4. The van der Waals surface area contributed by atoms with Gasteiger partial charge < -0.3 is 14.2 Å². The number of aromatic nitrogens is 4. The number of hydrogen-bond donors (Lipinski definition) is 0. The summed E-state index contributed by atoms with van der Waals surface area (Å²) in [5, 5.41) is 12.8. The molecular weight excluding hydrogens is 430 g/mol. The Morgan fingerprint density at radius 3 is 2.18 bits per heavy atom. The number of hydrogen-bond acceptors (Lipinski definition) is 7. The number of nitrogens with zero attached hydrogens (tertiary/aromatic N) is 5. The number of benzene rings is 3. The van der Waals surface area contributed by atoms with E-state index in [1.54, 1.807) is 21.3 Å². The fourth-order valence-electron chi connectivity index (χ4n) is 4.15. The van der Waals surface area contributed by atoms with Crippen LogP contribution >= 0.6 is 0 Å². The van der Waals surface area contributed by atoms with Crippen LogP contribution in [0.15, 0.2) is 66.7 Å². The quantitative estimate of drug-likeness (QED) is 0.371. The van der Waals surface area contributed by atoms with Crippen LogP contribution in [-0.4, -0.2) is 53.5 Å². The molecule has 0 amide bonds. The van der Waals surface area contributed by atoms with Crippen molar-refractivity contribution in [1.82, 2.24) is 25.1 Å². The number of aryl methyl sites for hydroxylation is 1. The third kappa shape index (κ3) is 4.58. The van der Waals surface area contributed by atoms with Crippen LogP contribution in [0, 0.1) is 6.92 Å². The van der Waals surface area contributed by atoms with E-state index < -0.39 is 0 Å². The van der Waals surface area contributed by atoms with Gasteiger partial charge in [-0.05, 0) is 47.7 Å². The van der Waals surface area contributed by atoms with Gasteiger partial charge in [-0.3, -0.25) is 4.90 Å². The van der Waals surface area contributed by atoms with Gasteiger partial charge in [0.05, 0.1) is 33.1 Å². The predicted molar refractivity (Wildman–Crippen MR) is 130 cm³/mol. The number of para-hydroxylation sites is 1. The summed E-state index contributed by atoms with van der Waals surface area (Å²) in [6, 6.07) is 21.9. The summed E-state index contributed by atoms with van der Waals surface area (Å²) in [5.74, 6) is 2.71. The van der Waals surface area contributed by atoms with Gasteiger partial charge in [-0.2, -0.15) is 4.68 Å². The van der Waals surface area contributed by atoms with Crippen LogP contribution in [0.1, 0.15) is 28.6 Å². The molecule has 8 nitrogen and oxygen atoms in total. The smallest absolute Gasteiger partial charge is 0.178 e. The Morgan fingerprint density at radius 1 is 0.853 bits per heavy atom. The van der Waals surface area contributed by atoms with Crippen LogP contribution in [0.4, 0.5) is 0 Å². The molecule has 34 heavy (non-hydrogen) atoms. The first-order valence-electron chi connectivity index (χ1n) is 11.0. The van der Waals surface area contributed by atoms with Crippen LogP contribution in [0.5, 0.6) is 17.2 Å². The summed E-state index contributed by atoms with van der Waals surface area (Å²) in [7, 11) is 6.93. The number of rotatable bonds is 9. The average Bonchev–Trinajstić information content (AvgIpc) is 3.33. The van der Waals surface area contributed by atoms with E-state index in [2.05, 4.69) is 45.5 Å². The fraction of sp³-hybridized carbons (Fsp3) is 0.269. The molecular formula is C26H29N5O3. The molecule has 1 atom stereocenters. The van der Waals surface area contributed by atoms with Gasteiger partial charge in [-0.25, -0.2) is 0 Å². The molecule has 0 radical (unpaired) electrons. The second-order valence-corrected chi connectivity index (χ2v) is 7.98. The topological polar surface area (TPSA) is 74.5 Å². The highest BCUT2D eigenvalue weighted by Gasteiger charge is 2.27. The molecule has 0 spiro atoms. The van der Waals surface area contributed by atoms with Crippen LogP contribution in [0.3, 0.4) is 0 Å². The summed E-state index contributed by atoms with van der Waals surface area (Å²) >= 11 is 0. The third-order valence-electron chi connectivity index (χ3n) is 5.84. The number of ether oxygens (including phenoxy) is 3. The van der Waals surface area contributed by atoms with E-state index in [1.165, 1.54) is 0 Å². The highest BCUT2D eigenvalue weighted by molar-refractivity contribution is 5.51. The van der Waals surface area contributed by atoms with Gasteiger partial charge in [0.2, 0.25) is 0 Å². The van der Waals surface area contributed by atoms with E-state index in [-0.39, 0.29) is 6.04 Å². The molecule has 0 unspecified atom stereocenters. The van der Waals surface area contributed by atoms with Crippen LogP contribution < -0.4 is 14.2 Å². The molecule has 0 N–H and O–H groups in total. The monoisotopic (exact) mass is 459 g/mol. The SMILES string of the molecule is COc1cc(OC)c(OC)cc1CN(C)[C@H](c1ccccc1)c1nnnn1-c1ccccc1C. The molecule has 4 rings (SSSR count). The van der Waals surface area contributed by atoms with Gasteiger partial charge in [0, 0.05) is 18.2 Å². The molecule has 1 aromatic heterocycles. The lowest BCUT2D eigenvalue weighted by atomic mass is 10.0. The molecule has 4 aromatic rings. The Labute approximate surface area is 199 Å². The third-order valence-corrected chi connectivity index (χ3v) is 5.84. The largest absolute Gasteiger partial charge is 0.496 e. The van der Waals surface area contributed by atoms with Crippen molar-refractivity contribution in [3.63, 3.8) is 0 Å². The Bertz CT molecular complexity index is 1240. The molecule has 0 fully saturated rings. The summed E-state index contributed by atoms with van der Waals surface area (Å²) < 4.78 is 18.5. The van der Waals surface area contributed by atoms with Crippen molar-refractivity contribution in [3.8, 4) is 22.9 Å². The maximum absolute atomic E-state index is 5.67. The molecule has 3 aromatic carbocycles. The lowest BCUT2D eigenvalue weighted by molar-refractivity contribution is 0.253. The van der Waals surface area contributed by atoms with E-state index in [0.29, 0.717) is 18.0 Å². The van der Waals surface area contributed by atoms with E-state index in [4.69, 9.17) is 14.2 Å². The van der Waals surface area contributed by atoms with Gasteiger partial charge in [-0.1, -0.05) is 48.5 Å². The molecule has 0 aliphatic rings. The van der Waals surface area contributed by atoms with Gasteiger partial charge in [-0.15, -0.1) is 5.10 Å². The lowest BCUT2D eigenvalue weighted by Crippen LogP contribution is -2.28. The van der Waals surface area contributed by atoms with E-state index in [0.717, 1.165) is 34.0 Å². The summed E-state index contributed by atoms with van der Waals surface area (Å²) in [6.07, 6.45) is 0. The van der Waals surface area contributed by atoms with Crippen LogP contribution in [0.25, 0.3) is 5.69 Å². The molecule has 176 valence electrons. The Balaban J connectivity index is 1.78. The molecule has 8 heteroatoms. The second-order valence-electron chi connectivity index (χ2n) is 7.98. The molecule has 0 aliphatic carbocycles. The first kappa shape index (κ1) is 23.3. The lowest BCUT2D eigenvalue weighted by Gasteiger charge is -2.28. The minimum atomic E-state index is -0.214. The van der Waals surface area contributed by atoms with Crippen molar-refractivity contribution in [2.24, 2.45) is 0 Å². The normalized spacial score (nSPS) is 11.9. The van der Waals surface area contributed by atoms with Gasteiger partial charge in [0.25, 0.3) is 0 Å². The van der Waals surface area contributed by atoms with E-state index in [1.807, 2.05) is 60.3 Å². The number of methoxy groups -OCH3 is 3. The van der Waals surface area contributed by atoms with Crippen molar-refractivity contribution in [1.29, 1.82) is 0 Å². The molecule has 0 bridgehead atoms.